The summed E-state index contributed by atoms with van der Waals surface area (Å²) in [6.07, 6.45) is 3.13. The number of hydrogen-bond acceptors (Lipinski definition) is 5. The number of ether oxygens (including phenoxy) is 1. The van der Waals surface area contributed by atoms with Gasteiger partial charge in [0.1, 0.15) is 0 Å². The van der Waals surface area contributed by atoms with Crippen LogP contribution in [0.1, 0.15) is 32.3 Å². The zero-order valence-electron chi connectivity index (χ0n) is 13.8. The number of urea groups is 1. The van der Waals surface area contributed by atoms with E-state index in [0.29, 0.717) is 0 Å². The van der Waals surface area contributed by atoms with Gasteiger partial charge in [-0.15, -0.1) is 0 Å². The standard InChI is InChI=1S/C16H25N3O4/c1-11(2)23-15(21)12(3)7-18-16(22)19-9-14(10-20)13-5-4-6-17-8-13/h4-6,8,11-12,14,20H,7,9-10H2,1-3H3,(H2,18,19,22). The first kappa shape index (κ1) is 18.9. The summed E-state index contributed by atoms with van der Waals surface area (Å²) in [4.78, 5) is 27.4. The van der Waals surface area contributed by atoms with Gasteiger partial charge in [0, 0.05) is 31.4 Å². The van der Waals surface area contributed by atoms with Crippen molar-refractivity contribution in [1.29, 1.82) is 0 Å². The maximum Gasteiger partial charge on any atom is 0.314 e. The highest BCUT2D eigenvalue weighted by Gasteiger charge is 2.17. The molecule has 1 rings (SSSR count). The van der Waals surface area contributed by atoms with Crippen LogP contribution in [-0.2, 0) is 9.53 Å². The molecule has 2 atom stereocenters. The van der Waals surface area contributed by atoms with Crippen molar-refractivity contribution in [1.82, 2.24) is 15.6 Å². The van der Waals surface area contributed by atoms with Crippen LogP contribution in [0.3, 0.4) is 0 Å². The molecule has 7 nitrogen and oxygen atoms in total. The van der Waals surface area contributed by atoms with Gasteiger partial charge >= 0.3 is 12.0 Å². The summed E-state index contributed by atoms with van der Waals surface area (Å²) >= 11 is 0. The van der Waals surface area contributed by atoms with Crippen molar-refractivity contribution in [3.05, 3.63) is 30.1 Å². The molecule has 0 aliphatic rings. The van der Waals surface area contributed by atoms with E-state index in [-0.39, 0.29) is 37.7 Å². The van der Waals surface area contributed by atoms with E-state index < -0.39 is 11.9 Å². The predicted octanol–water partition coefficient (Wildman–Crippen LogP) is 1.04. The van der Waals surface area contributed by atoms with Gasteiger partial charge in [0.25, 0.3) is 0 Å². The molecule has 0 radical (unpaired) electrons. The Balaban J connectivity index is 2.35. The van der Waals surface area contributed by atoms with Gasteiger partial charge in [0.2, 0.25) is 0 Å². The molecular formula is C16H25N3O4. The van der Waals surface area contributed by atoms with E-state index >= 15 is 0 Å². The molecule has 0 spiro atoms. The number of aliphatic hydroxyl groups excluding tert-OH is 1. The Labute approximate surface area is 136 Å². The number of nitrogens with one attached hydrogen (secondary N) is 2. The Morgan fingerprint density at radius 3 is 2.52 bits per heavy atom. The molecule has 0 aliphatic heterocycles. The summed E-state index contributed by atoms with van der Waals surface area (Å²) in [6, 6.07) is 3.23. The fraction of sp³-hybridized carbons (Fsp3) is 0.562. The molecule has 7 heteroatoms. The number of amides is 2. The molecule has 0 aliphatic carbocycles. The van der Waals surface area contributed by atoms with E-state index in [0.717, 1.165) is 5.56 Å². The van der Waals surface area contributed by atoms with Crippen LogP contribution in [0.4, 0.5) is 4.79 Å². The number of nitrogens with zero attached hydrogens (tertiary/aromatic N) is 1. The molecule has 0 aromatic carbocycles. The molecule has 2 amide bonds. The zero-order chi connectivity index (χ0) is 17.2. The molecule has 0 bridgehead atoms. The summed E-state index contributed by atoms with van der Waals surface area (Å²) in [5.74, 6) is -0.989. The summed E-state index contributed by atoms with van der Waals surface area (Å²) in [6.45, 7) is 5.61. The zero-order valence-corrected chi connectivity index (χ0v) is 13.8. The number of aromatic nitrogens is 1. The molecule has 1 aromatic heterocycles. The molecule has 128 valence electrons. The second kappa shape index (κ2) is 9.78. The quantitative estimate of drug-likeness (QED) is 0.621. The molecular weight excluding hydrogens is 298 g/mol. The van der Waals surface area contributed by atoms with Crippen LogP contribution in [0.5, 0.6) is 0 Å². The second-order valence-corrected chi connectivity index (χ2v) is 5.64. The largest absolute Gasteiger partial charge is 0.463 e. The average Bonchev–Trinajstić information content (AvgIpc) is 2.53. The minimum absolute atomic E-state index is 0.0942. The van der Waals surface area contributed by atoms with Crippen molar-refractivity contribution in [2.24, 2.45) is 5.92 Å². The van der Waals surface area contributed by atoms with Crippen LogP contribution in [0.15, 0.2) is 24.5 Å². The number of carbonyl (C=O) groups excluding carboxylic acids is 2. The molecule has 0 saturated carbocycles. The van der Waals surface area contributed by atoms with Gasteiger partial charge in [0.15, 0.2) is 0 Å². The van der Waals surface area contributed by atoms with Crippen LogP contribution >= 0.6 is 0 Å². The normalized spacial score (nSPS) is 13.3. The second-order valence-electron chi connectivity index (χ2n) is 5.64. The molecule has 0 saturated heterocycles. The van der Waals surface area contributed by atoms with Crippen LogP contribution < -0.4 is 10.6 Å². The molecule has 3 N–H and O–H groups in total. The topological polar surface area (TPSA) is 101 Å². The maximum absolute atomic E-state index is 11.8. The monoisotopic (exact) mass is 323 g/mol. The van der Waals surface area contributed by atoms with Gasteiger partial charge in [-0.2, -0.15) is 0 Å². The summed E-state index contributed by atoms with van der Waals surface area (Å²) in [5.41, 5.74) is 0.851. The summed E-state index contributed by atoms with van der Waals surface area (Å²) < 4.78 is 5.07. The van der Waals surface area contributed by atoms with Crippen LogP contribution in [0.25, 0.3) is 0 Å². The highest BCUT2D eigenvalue weighted by molar-refractivity contribution is 5.76. The maximum atomic E-state index is 11.8. The summed E-state index contributed by atoms with van der Waals surface area (Å²) in [7, 11) is 0. The number of pyridine rings is 1. The Hall–Kier alpha value is -2.15. The van der Waals surface area contributed by atoms with Crippen molar-refractivity contribution < 1.29 is 19.4 Å². The first-order valence-corrected chi connectivity index (χ1v) is 7.67. The third-order valence-electron chi connectivity index (χ3n) is 3.21. The summed E-state index contributed by atoms with van der Waals surface area (Å²) in [5, 5.41) is 14.7. The van der Waals surface area contributed by atoms with Gasteiger partial charge in [-0.25, -0.2) is 4.79 Å². The van der Waals surface area contributed by atoms with Crippen molar-refractivity contribution in [2.75, 3.05) is 19.7 Å². The number of hydrogen-bond donors (Lipinski definition) is 3. The van der Waals surface area contributed by atoms with E-state index in [1.165, 1.54) is 0 Å². The van der Waals surface area contributed by atoms with Crippen LogP contribution in [0.2, 0.25) is 0 Å². The lowest BCUT2D eigenvalue weighted by molar-refractivity contribution is -0.151. The molecule has 0 fully saturated rings. The Morgan fingerprint density at radius 1 is 1.26 bits per heavy atom. The van der Waals surface area contributed by atoms with E-state index in [1.54, 1.807) is 39.2 Å². The predicted molar refractivity (Wildman–Crippen MR) is 85.9 cm³/mol. The molecule has 1 aromatic rings. The van der Waals surface area contributed by atoms with Gasteiger partial charge in [-0.3, -0.25) is 9.78 Å². The highest BCUT2D eigenvalue weighted by atomic mass is 16.5. The van der Waals surface area contributed by atoms with Crippen LogP contribution in [0, 0.1) is 5.92 Å². The van der Waals surface area contributed by atoms with E-state index in [1.807, 2.05) is 6.07 Å². The van der Waals surface area contributed by atoms with E-state index in [9.17, 15) is 14.7 Å². The minimum Gasteiger partial charge on any atom is -0.463 e. The Bertz CT molecular complexity index is 493. The first-order valence-electron chi connectivity index (χ1n) is 7.67. The number of carbonyl (C=O) groups is 2. The highest BCUT2D eigenvalue weighted by Crippen LogP contribution is 2.12. The van der Waals surface area contributed by atoms with Crippen molar-refractivity contribution in [2.45, 2.75) is 32.8 Å². The number of esters is 1. The lowest BCUT2D eigenvalue weighted by Crippen LogP contribution is -2.41. The van der Waals surface area contributed by atoms with Crippen molar-refractivity contribution >= 4 is 12.0 Å². The lowest BCUT2D eigenvalue weighted by Gasteiger charge is -2.17. The van der Waals surface area contributed by atoms with Gasteiger partial charge < -0.3 is 20.5 Å². The minimum atomic E-state index is -0.421. The Kier molecular flexibility index (Phi) is 8.04. The van der Waals surface area contributed by atoms with Crippen LogP contribution in [-0.4, -0.2) is 47.9 Å². The van der Waals surface area contributed by atoms with Crippen molar-refractivity contribution in [3.8, 4) is 0 Å². The van der Waals surface area contributed by atoms with Crippen molar-refractivity contribution in [3.63, 3.8) is 0 Å². The first-order chi connectivity index (χ1) is 10.9. The van der Waals surface area contributed by atoms with E-state index in [2.05, 4.69) is 15.6 Å². The number of rotatable bonds is 8. The van der Waals surface area contributed by atoms with E-state index in [4.69, 9.17) is 4.74 Å². The van der Waals surface area contributed by atoms with Gasteiger partial charge in [-0.05, 0) is 25.5 Å². The average molecular weight is 323 g/mol. The number of aliphatic hydroxyl groups is 1. The smallest absolute Gasteiger partial charge is 0.314 e. The fourth-order valence-corrected chi connectivity index (χ4v) is 1.86. The Morgan fingerprint density at radius 2 is 1.96 bits per heavy atom. The fourth-order valence-electron chi connectivity index (χ4n) is 1.86. The molecule has 23 heavy (non-hydrogen) atoms. The molecule has 1 heterocycles. The third-order valence-corrected chi connectivity index (χ3v) is 3.21. The van der Waals surface area contributed by atoms with Gasteiger partial charge in [0.05, 0.1) is 18.6 Å². The van der Waals surface area contributed by atoms with Gasteiger partial charge in [-0.1, -0.05) is 13.0 Å². The molecule has 2 unspecified atom stereocenters. The lowest BCUT2D eigenvalue weighted by atomic mass is 10.0. The third kappa shape index (κ3) is 7.10. The SMILES string of the molecule is CC(C)OC(=O)C(C)CNC(=O)NCC(CO)c1cccnc1.